The van der Waals surface area contributed by atoms with Crippen LogP contribution < -0.4 is 10.6 Å². The molecule has 0 radical (unpaired) electrons. The van der Waals surface area contributed by atoms with Gasteiger partial charge in [-0.05, 0) is 48.4 Å². The number of carbonyl (C=O) groups is 1. The van der Waals surface area contributed by atoms with Crippen LogP contribution in [-0.4, -0.2) is 12.5 Å². The van der Waals surface area contributed by atoms with E-state index in [4.69, 9.17) is 0 Å². The molecule has 0 aliphatic heterocycles. The zero-order valence-corrected chi connectivity index (χ0v) is 14.3. The number of halogens is 1. The summed E-state index contributed by atoms with van der Waals surface area (Å²) in [5.74, 6) is -0.00945. The Morgan fingerprint density at radius 1 is 1.09 bits per heavy atom. The number of benzene rings is 2. The van der Waals surface area contributed by atoms with E-state index >= 15 is 0 Å². The van der Waals surface area contributed by atoms with Crippen molar-refractivity contribution >= 4 is 33.2 Å². The molecule has 0 aliphatic carbocycles. The van der Waals surface area contributed by atoms with Crippen molar-refractivity contribution in [1.82, 2.24) is 0 Å². The highest BCUT2D eigenvalue weighted by Crippen LogP contribution is 2.15. The van der Waals surface area contributed by atoms with Gasteiger partial charge in [-0.1, -0.05) is 41.4 Å². The molecule has 0 bridgehead atoms. The minimum absolute atomic E-state index is 0.00945. The molecule has 0 heterocycles. The van der Waals surface area contributed by atoms with Gasteiger partial charge in [0.1, 0.15) is 0 Å². The van der Waals surface area contributed by atoms with Crippen molar-refractivity contribution in [1.29, 1.82) is 0 Å². The topological polar surface area (TPSA) is 41.1 Å². The maximum Gasteiger partial charge on any atom is 0.228 e. The predicted molar refractivity (Wildman–Crippen MR) is 96.3 cm³/mol. The second-order valence-corrected chi connectivity index (χ2v) is 6.13. The number of rotatable bonds is 7. The summed E-state index contributed by atoms with van der Waals surface area (Å²) < 4.78 is 0.986. The average molecular weight is 361 g/mol. The van der Waals surface area contributed by atoms with E-state index in [0.29, 0.717) is 6.42 Å². The normalized spacial score (nSPS) is 10.3. The maximum atomic E-state index is 12.0. The van der Waals surface area contributed by atoms with Crippen LogP contribution in [0.4, 0.5) is 11.4 Å². The SMILES string of the molecule is CCCCNc1ccc(NC(=O)Cc2cccc(Br)c2)cc1. The van der Waals surface area contributed by atoms with E-state index < -0.39 is 0 Å². The summed E-state index contributed by atoms with van der Waals surface area (Å²) in [4.78, 5) is 12.0. The quantitative estimate of drug-likeness (QED) is 0.693. The number of amides is 1. The van der Waals surface area contributed by atoms with E-state index in [1.165, 1.54) is 6.42 Å². The molecule has 22 heavy (non-hydrogen) atoms. The largest absolute Gasteiger partial charge is 0.385 e. The number of anilines is 2. The summed E-state index contributed by atoms with van der Waals surface area (Å²) in [5, 5.41) is 6.28. The van der Waals surface area contributed by atoms with Gasteiger partial charge in [0.15, 0.2) is 0 Å². The first-order chi connectivity index (χ1) is 10.7. The van der Waals surface area contributed by atoms with Crippen molar-refractivity contribution in [3.63, 3.8) is 0 Å². The summed E-state index contributed by atoms with van der Waals surface area (Å²) in [6.45, 7) is 3.15. The van der Waals surface area contributed by atoms with Crippen molar-refractivity contribution in [3.8, 4) is 0 Å². The molecule has 2 aromatic carbocycles. The molecule has 0 saturated heterocycles. The lowest BCUT2D eigenvalue weighted by atomic mass is 10.1. The molecule has 0 unspecified atom stereocenters. The highest BCUT2D eigenvalue weighted by Gasteiger charge is 2.04. The van der Waals surface area contributed by atoms with Gasteiger partial charge in [-0.2, -0.15) is 0 Å². The van der Waals surface area contributed by atoms with Gasteiger partial charge >= 0.3 is 0 Å². The van der Waals surface area contributed by atoms with Crippen molar-refractivity contribution in [3.05, 3.63) is 58.6 Å². The second kappa shape index (κ2) is 8.59. The van der Waals surface area contributed by atoms with Gasteiger partial charge in [0.25, 0.3) is 0 Å². The van der Waals surface area contributed by atoms with Crippen LogP contribution in [-0.2, 0) is 11.2 Å². The Morgan fingerprint density at radius 2 is 1.82 bits per heavy atom. The number of carbonyl (C=O) groups excluding carboxylic acids is 1. The van der Waals surface area contributed by atoms with Gasteiger partial charge in [-0.15, -0.1) is 0 Å². The Kier molecular flexibility index (Phi) is 6.46. The van der Waals surface area contributed by atoms with E-state index in [9.17, 15) is 4.79 Å². The van der Waals surface area contributed by atoms with E-state index in [1.807, 2.05) is 48.5 Å². The van der Waals surface area contributed by atoms with E-state index in [0.717, 1.165) is 34.4 Å². The Labute approximate surface area is 140 Å². The summed E-state index contributed by atoms with van der Waals surface area (Å²) >= 11 is 3.41. The third-order valence-corrected chi connectivity index (χ3v) is 3.78. The molecule has 2 aromatic rings. The fourth-order valence-electron chi connectivity index (χ4n) is 2.12. The number of hydrogen-bond donors (Lipinski definition) is 2. The molecule has 0 spiro atoms. The predicted octanol–water partition coefficient (Wildman–Crippen LogP) is 4.84. The number of unbranched alkanes of at least 4 members (excludes halogenated alkanes) is 1. The lowest BCUT2D eigenvalue weighted by molar-refractivity contribution is -0.115. The van der Waals surface area contributed by atoms with Crippen LogP contribution in [0.1, 0.15) is 25.3 Å². The van der Waals surface area contributed by atoms with Gasteiger partial charge < -0.3 is 10.6 Å². The minimum atomic E-state index is -0.00945. The highest BCUT2D eigenvalue weighted by atomic mass is 79.9. The van der Waals surface area contributed by atoms with Crippen LogP contribution in [0, 0.1) is 0 Å². The molecule has 0 fully saturated rings. The van der Waals surface area contributed by atoms with Crippen LogP contribution in [0.2, 0.25) is 0 Å². The molecule has 2 N–H and O–H groups in total. The first-order valence-corrected chi connectivity index (χ1v) is 8.35. The Hall–Kier alpha value is -1.81. The molecule has 4 heteroatoms. The summed E-state index contributed by atoms with van der Waals surface area (Å²) in [6.07, 6.45) is 2.71. The molecule has 3 nitrogen and oxygen atoms in total. The molecule has 0 saturated carbocycles. The molecule has 2 rings (SSSR count). The average Bonchev–Trinajstić information content (AvgIpc) is 2.49. The van der Waals surface area contributed by atoms with Crippen LogP contribution in [0.25, 0.3) is 0 Å². The third kappa shape index (κ3) is 5.53. The zero-order valence-electron chi connectivity index (χ0n) is 12.7. The monoisotopic (exact) mass is 360 g/mol. The summed E-state index contributed by atoms with van der Waals surface area (Å²) in [5.41, 5.74) is 2.89. The van der Waals surface area contributed by atoms with Crippen LogP contribution in [0.3, 0.4) is 0 Å². The maximum absolute atomic E-state index is 12.0. The lowest BCUT2D eigenvalue weighted by Crippen LogP contribution is -2.14. The number of nitrogens with one attached hydrogen (secondary N) is 2. The van der Waals surface area contributed by atoms with Crippen molar-refractivity contribution < 1.29 is 4.79 Å². The molecule has 1 amide bonds. The van der Waals surface area contributed by atoms with Gasteiger partial charge in [-0.25, -0.2) is 0 Å². The first kappa shape index (κ1) is 16.6. The van der Waals surface area contributed by atoms with Crippen molar-refractivity contribution in [2.75, 3.05) is 17.2 Å². The standard InChI is InChI=1S/C18H21BrN2O/c1-2-3-11-20-16-7-9-17(10-8-16)21-18(22)13-14-5-4-6-15(19)12-14/h4-10,12,20H,2-3,11,13H2,1H3,(H,21,22). The fourth-order valence-corrected chi connectivity index (χ4v) is 2.57. The molecule has 0 atom stereocenters. The molecule has 0 aliphatic rings. The van der Waals surface area contributed by atoms with Gasteiger partial charge in [0, 0.05) is 22.4 Å². The molecule has 116 valence electrons. The first-order valence-electron chi connectivity index (χ1n) is 7.55. The summed E-state index contributed by atoms with van der Waals surface area (Å²) in [7, 11) is 0. The Balaban J connectivity index is 1.86. The smallest absolute Gasteiger partial charge is 0.228 e. The second-order valence-electron chi connectivity index (χ2n) is 5.21. The van der Waals surface area contributed by atoms with Gasteiger partial charge in [0.2, 0.25) is 5.91 Å². The van der Waals surface area contributed by atoms with Crippen LogP contribution >= 0.6 is 15.9 Å². The third-order valence-electron chi connectivity index (χ3n) is 3.28. The van der Waals surface area contributed by atoms with Gasteiger partial charge in [0.05, 0.1) is 6.42 Å². The highest BCUT2D eigenvalue weighted by molar-refractivity contribution is 9.10. The Bertz CT molecular complexity index is 611. The zero-order chi connectivity index (χ0) is 15.8. The number of hydrogen-bond acceptors (Lipinski definition) is 2. The van der Waals surface area contributed by atoms with E-state index in [-0.39, 0.29) is 5.91 Å². The molecular formula is C18H21BrN2O. The van der Waals surface area contributed by atoms with Gasteiger partial charge in [-0.3, -0.25) is 4.79 Å². The van der Waals surface area contributed by atoms with Crippen molar-refractivity contribution in [2.24, 2.45) is 0 Å². The fraction of sp³-hybridized carbons (Fsp3) is 0.278. The van der Waals surface area contributed by atoms with E-state index in [2.05, 4.69) is 33.5 Å². The van der Waals surface area contributed by atoms with Crippen LogP contribution in [0.15, 0.2) is 53.0 Å². The van der Waals surface area contributed by atoms with E-state index in [1.54, 1.807) is 0 Å². The minimum Gasteiger partial charge on any atom is -0.385 e. The summed E-state index contributed by atoms with van der Waals surface area (Å²) in [6, 6.07) is 15.6. The Morgan fingerprint density at radius 3 is 2.50 bits per heavy atom. The van der Waals surface area contributed by atoms with Crippen molar-refractivity contribution in [2.45, 2.75) is 26.2 Å². The lowest BCUT2D eigenvalue weighted by Gasteiger charge is -2.08. The van der Waals surface area contributed by atoms with Crippen LogP contribution in [0.5, 0.6) is 0 Å². The molecular weight excluding hydrogens is 340 g/mol. The molecule has 0 aromatic heterocycles.